The number of allylic oxidation sites excluding steroid dienone is 2. The number of alkyl halides is 3. The molecule has 0 aliphatic heterocycles. The van der Waals surface area contributed by atoms with Crippen molar-refractivity contribution in [1.29, 1.82) is 0 Å². The third kappa shape index (κ3) is 4.56. The lowest BCUT2D eigenvalue weighted by Gasteiger charge is -2.32. The first kappa shape index (κ1) is 22.0. The molecule has 4 rings (SSSR count). The number of rotatable bonds is 4. The Morgan fingerprint density at radius 3 is 2.16 bits per heavy atom. The Kier molecular flexibility index (Phi) is 6.23. The molecule has 2 aromatic rings. The minimum atomic E-state index is -5.03. The van der Waals surface area contributed by atoms with Crippen LogP contribution in [0.5, 0.6) is 0 Å². The second-order valence-corrected chi connectivity index (χ2v) is 8.89. The summed E-state index contributed by atoms with van der Waals surface area (Å²) < 4.78 is 66.7. The zero-order valence-electron chi connectivity index (χ0n) is 17.7. The quantitative estimate of drug-likeness (QED) is 0.341. The Bertz CT molecular complexity index is 963. The van der Waals surface area contributed by atoms with Gasteiger partial charge in [-0.25, -0.2) is 8.78 Å². The van der Waals surface area contributed by atoms with Gasteiger partial charge in [0, 0.05) is 0 Å². The Morgan fingerprint density at radius 1 is 0.935 bits per heavy atom. The van der Waals surface area contributed by atoms with Gasteiger partial charge >= 0.3 is 6.18 Å². The minimum Gasteiger partial charge on any atom is -0.206 e. The maximum absolute atomic E-state index is 14.1. The van der Waals surface area contributed by atoms with Crippen LogP contribution in [0, 0.1) is 17.6 Å². The van der Waals surface area contributed by atoms with E-state index in [2.05, 4.69) is 24.3 Å². The molecule has 0 fully saturated rings. The number of hydrogen-bond donors (Lipinski definition) is 0. The predicted octanol–water partition coefficient (Wildman–Crippen LogP) is 7.72. The summed E-state index contributed by atoms with van der Waals surface area (Å²) in [6.45, 7) is 2.04. The van der Waals surface area contributed by atoms with Crippen molar-refractivity contribution in [2.45, 2.75) is 70.4 Å². The van der Waals surface area contributed by atoms with Crippen LogP contribution >= 0.6 is 0 Å². The Balaban J connectivity index is 1.53. The molecule has 0 saturated heterocycles. The van der Waals surface area contributed by atoms with Crippen molar-refractivity contribution in [3.05, 3.63) is 81.4 Å². The Labute approximate surface area is 180 Å². The van der Waals surface area contributed by atoms with Crippen LogP contribution in [0.15, 0.2) is 36.4 Å². The standard InChI is InChI=1S/C26H27F5/c1-2-3-4-5-16-6-10-21-18(12-16)7-8-19-13-17(9-11-22(19)21)20-14-23(27)25(24(28)15-20)26(29,30)31/h2-3,7-8,14-17H,4-6,9-13H2,1H3/t16-,17-/m0/s1. The van der Waals surface area contributed by atoms with Crippen LogP contribution in [-0.4, -0.2) is 0 Å². The number of benzene rings is 2. The van der Waals surface area contributed by atoms with Crippen molar-refractivity contribution in [1.82, 2.24) is 0 Å². The lowest BCUT2D eigenvalue weighted by Crippen LogP contribution is -2.21. The highest BCUT2D eigenvalue weighted by Gasteiger charge is 2.38. The Hall–Kier alpha value is -2.17. The van der Waals surface area contributed by atoms with E-state index in [-0.39, 0.29) is 5.92 Å². The fourth-order valence-corrected chi connectivity index (χ4v) is 5.37. The van der Waals surface area contributed by atoms with Gasteiger partial charge in [0.15, 0.2) is 0 Å². The van der Waals surface area contributed by atoms with E-state index < -0.39 is 23.4 Å². The van der Waals surface area contributed by atoms with Crippen LogP contribution in [-0.2, 0) is 31.9 Å². The monoisotopic (exact) mass is 434 g/mol. The van der Waals surface area contributed by atoms with Gasteiger partial charge in [0.25, 0.3) is 0 Å². The molecule has 2 aliphatic rings. The van der Waals surface area contributed by atoms with Gasteiger partial charge in [-0.3, -0.25) is 0 Å². The molecule has 2 aromatic carbocycles. The molecular formula is C26H27F5. The summed E-state index contributed by atoms with van der Waals surface area (Å²) in [7, 11) is 0. The summed E-state index contributed by atoms with van der Waals surface area (Å²) in [5.41, 5.74) is 3.89. The summed E-state index contributed by atoms with van der Waals surface area (Å²) in [6.07, 6.45) is 7.04. The predicted molar refractivity (Wildman–Crippen MR) is 112 cm³/mol. The van der Waals surface area contributed by atoms with Crippen molar-refractivity contribution in [3.63, 3.8) is 0 Å². The van der Waals surface area contributed by atoms with Crippen molar-refractivity contribution in [2.24, 2.45) is 5.92 Å². The van der Waals surface area contributed by atoms with Gasteiger partial charge in [-0.05, 0) is 110 Å². The topological polar surface area (TPSA) is 0 Å². The van der Waals surface area contributed by atoms with Crippen LogP contribution in [0.4, 0.5) is 22.0 Å². The molecule has 5 heteroatoms. The fourth-order valence-electron chi connectivity index (χ4n) is 5.37. The first-order valence-corrected chi connectivity index (χ1v) is 11.1. The second kappa shape index (κ2) is 8.76. The average Bonchev–Trinajstić information content (AvgIpc) is 2.71. The highest BCUT2D eigenvalue weighted by Crippen LogP contribution is 2.41. The SMILES string of the molecule is CC=CCC[C@H]1CCc2c(ccc3c2CC[C@H](c2cc(F)c(C(F)(F)F)c(F)c2)C3)C1. The van der Waals surface area contributed by atoms with Crippen LogP contribution in [0.3, 0.4) is 0 Å². The molecule has 0 N–H and O–H groups in total. The third-order valence-electron chi connectivity index (χ3n) is 6.94. The van der Waals surface area contributed by atoms with Crippen molar-refractivity contribution < 1.29 is 22.0 Å². The van der Waals surface area contributed by atoms with Gasteiger partial charge in [0.05, 0.1) is 0 Å². The number of hydrogen-bond acceptors (Lipinski definition) is 0. The molecule has 0 unspecified atom stereocenters. The summed E-state index contributed by atoms with van der Waals surface area (Å²) in [6, 6.07) is 6.04. The summed E-state index contributed by atoms with van der Waals surface area (Å²) in [4.78, 5) is 0. The lowest BCUT2D eigenvalue weighted by molar-refractivity contribution is -0.142. The Morgan fingerprint density at radius 2 is 1.55 bits per heavy atom. The van der Waals surface area contributed by atoms with E-state index in [4.69, 9.17) is 0 Å². The average molecular weight is 434 g/mol. The van der Waals surface area contributed by atoms with Crippen LogP contribution in [0.25, 0.3) is 0 Å². The first-order valence-electron chi connectivity index (χ1n) is 11.1. The minimum absolute atomic E-state index is 0.172. The van der Waals surface area contributed by atoms with E-state index in [1.807, 2.05) is 6.92 Å². The van der Waals surface area contributed by atoms with E-state index in [0.717, 1.165) is 37.8 Å². The lowest BCUT2D eigenvalue weighted by atomic mass is 9.73. The molecule has 2 atom stereocenters. The third-order valence-corrected chi connectivity index (χ3v) is 6.94. The second-order valence-electron chi connectivity index (χ2n) is 8.89. The first-order chi connectivity index (χ1) is 14.8. The van der Waals surface area contributed by atoms with Gasteiger partial charge in [-0.15, -0.1) is 0 Å². The molecule has 0 nitrogen and oxygen atoms in total. The zero-order valence-corrected chi connectivity index (χ0v) is 17.7. The van der Waals surface area contributed by atoms with Gasteiger partial charge in [-0.2, -0.15) is 13.2 Å². The number of fused-ring (bicyclic) bond motifs is 3. The molecular weight excluding hydrogens is 407 g/mol. The van der Waals surface area contributed by atoms with Gasteiger partial charge in [-0.1, -0.05) is 24.3 Å². The van der Waals surface area contributed by atoms with Gasteiger partial charge in [0.1, 0.15) is 17.2 Å². The van der Waals surface area contributed by atoms with Crippen LogP contribution in [0.2, 0.25) is 0 Å². The molecule has 0 spiro atoms. The zero-order chi connectivity index (χ0) is 22.2. The summed E-state index contributed by atoms with van der Waals surface area (Å²) in [5.74, 6) is -2.52. The molecule has 166 valence electrons. The molecule has 31 heavy (non-hydrogen) atoms. The van der Waals surface area contributed by atoms with E-state index in [1.54, 1.807) is 0 Å². The van der Waals surface area contributed by atoms with E-state index in [0.29, 0.717) is 24.3 Å². The van der Waals surface area contributed by atoms with Crippen LogP contribution in [0.1, 0.15) is 71.9 Å². The fraction of sp³-hybridized carbons (Fsp3) is 0.462. The summed E-state index contributed by atoms with van der Waals surface area (Å²) in [5, 5.41) is 0. The van der Waals surface area contributed by atoms with Crippen molar-refractivity contribution >= 4 is 0 Å². The molecule has 0 amide bonds. The maximum atomic E-state index is 14.1. The molecule has 0 heterocycles. The van der Waals surface area contributed by atoms with E-state index in [9.17, 15) is 22.0 Å². The van der Waals surface area contributed by atoms with Gasteiger partial charge < -0.3 is 0 Å². The van der Waals surface area contributed by atoms with Crippen molar-refractivity contribution in [2.75, 3.05) is 0 Å². The molecule has 0 bridgehead atoms. The van der Waals surface area contributed by atoms with Crippen LogP contribution < -0.4 is 0 Å². The summed E-state index contributed by atoms with van der Waals surface area (Å²) >= 11 is 0. The molecule has 0 radical (unpaired) electrons. The largest absolute Gasteiger partial charge is 0.422 e. The highest BCUT2D eigenvalue weighted by atomic mass is 19.4. The highest BCUT2D eigenvalue weighted by molar-refractivity contribution is 5.46. The van der Waals surface area contributed by atoms with E-state index >= 15 is 0 Å². The smallest absolute Gasteiger partial charge is 0.206 e. The number of halogens is 5. The molecule has 0 aromatic heterocycles. The molecule has 0 saturated carbocycles. The van der Waals surface area contributed by atoms with Gasteiger partial charge in [0.2, 0.25) is 0 Å². The maximum Gasteiger partial charge on any atom is 0.422 e. The normalized spacial score (nSPS) is 21.2. The van der Waals surface area contributed by atoms with Crippen molar-refractivity contribution in [3.8, 4) is 0 Å². The van der Waals surface area contributed by atoms with E-state index in [1.165, 1.54) is 35.1 Å². The molecule has 2 aliphatic carbocycles.